The van der Waals surface area contributed by atoms with Gasteiger partial charge < -0.3 is 20.1 Å². The molecule has 1 aromatic carbocycles. The molecule has 2 aromatic rings. The van der Waals surface area contributed by atoms with Gasteiger partial charge in [0.05, 0.1) is 17.8 Å². The lowest BCUT2D eigenvalue weighted by Crippen LogP contribution is -2.39. The normalized spacial score (nSPS) is 15.7. The van der Waals surface area contributed by atoms with Crippen LogP contribution >= 0.6 is 0 Å². The minimum Gasteiger partial charge on any atom is -0.481 e. The summed E-state index contributed by atoms with van der Waals surface area (Å²) >= 11 is 0. The van der Waals surface area contributed by atoms with E-state index in [2.05, 4.69) is 57.4 Å². The van der Waals surface area contributed by atoms with E-state index in [1.54, 1.807) is 7.11 Å². The summed E-state index contributed by atoms with van der Waals surface area (Å²) in [6.07, 6.45) is 6.32. The van der Waals surface area contributed by atoms with Crippen molar-refractivity contribution in [2.75, 3.05) is 23.9 Å². The summed E-state index contributed by atoms with van der Waals surface area (Å²) in [7, 11) is 1.62. The lowest BCUT2D eigenvalue weighted by atomic mass is 9.92. The van der Waals surface area contributed by atoms with Crippen LogP contribution in [0.15, 0.2) is 18.2 Å². The molecule has 3 rings (SSSR count). The van der Waals surface area contributed by atoms with E-state index in [9.17, 15) is 9.90 Å². The summed E-state index contributed by atoms with van der Waals surface area (Å²) in [5.74, 6) is 0.768. The molecule has 0 radical (unpaired) electrons. The van der Waals surface area contributed by atoms with Gasteiger partial charge in [0.25, 0.3) is 0 Å². The largest absolute Gasteiger partial charge is 0.481 e. The monoisotopic (exact) mass is 443 g/mol. The standard InChI is InChI=1S/C24H37N5O3/c1-16(2)14-29(19-8-6-5-7-9-19)21-11-10-18(17(3)12-23(30)31)13-20(21)25-24-26-22(15-32-4)27-28-24/h10-11,13,16-17,19H,5-9,12,14-15H2,1-4H3,(H,30,31)(H2,25,26,27,28)/t17-/m1/s1. The SMILES string of the molecule is COCc1nc(Nc2cc([C@H](C)CC(=O)O)ccc2N(CC(C)C)C2CCCCC2)n[nH]1. The van der Waals surface area contributed by atoms with Crippen molar-refractivity contribution in [3.05, 3.63) is 29.6 Å². The zero-order chi connectivity index (χ0) is 23.1. The highest BCUT2D eigenvalue weighted by atomic mass is 16.5. The van der Waals surface area contributed by atoms with Crippen molar-refractivity contribution in [1.82, 2.24) is 15.2 Å². The Morgan fingerprint density at radius 2 is 2.03 bits per heavy atom. The molecule has 0 saturated heterocycles. The van der Waals surface area contributed by atoms with E-state index < -0.39 is 5.97 Å². The second kappa shape index (κ2) is 11.3. The predicted molar refractivity (Wildman–Crippen MR) is 127 cm³/mol. The maximum atomic E-state index is 11.3. The van der Waals surface area contributed by atoms with Crippen molar-refractivity contribution in [2.45, 2.75) is 77.9 Å². The highest BCUT2D eigenvalue weighted by Gasteiger charge is 2.25. The van der Waals surface area contributed by atoms with Crippen molar-refractivity contribution in [1.29, 1.82) is 0 Å². The van der Waals surface area contributed by atoms with Crippen LogP contribution in [0.3, 0.4) is 0 Å². The van der Waals surface area contributed by atoms with Gasteiger partial charge in [0, 0.05) is 19.7 Å². The number of aromatic nitrogens is 3. The fourth-order valence-corrected chi connectivity index (χ4v) is 4.49. The molecule has 1 saturated carbocycles. The number of aliphatic carboxylic acids is 1. The van der Waals surface area contributed by atoms with E-state index in [4.69, 9.17) is 4.74 Å². The average molecular weight is 444 g/mol. The molecule has 0 aliphatic heterocycles. The second-order valence-electron chi connectivity index (χ2n) is 9.28. The Balaban J connectivity index is 1.98. The number of H-pyrrole nitrogens is 1. The molecule has 32 heavy (non-hydrogen) atoms. The van der Waals surface area contributed by atoms with E-state index >= 15 is 0 Å². The fraction of sp³-hybridized carbons (Fsp3) is 0.625. The van der Waals surface area contributed by atoms with E-state index in [1.807, 2.05) is 6.92 Å². The minimum atomic E-state index is -0.794. The molecule has 0 bridgehead atoms. The van der Waals surface area contributed by atoms with Crippen LogP contribution in [0.4, 0.5) is 17.3 Å². The summed E-state index contributed by atoms with van der Waals surface area (Å²) in [5.41, 5.74) is 3.02. The van der Waals surface area contributed by atoms with Crippen molar-refractivity contribution in [3.8, 4) is 0 Å². The Labute approximate surface area is 190 Å². The molecular weight excluding hydrogens is 406 g/mol. The number of anilines is 3. The van der Waals surface area contributed by atoms with Gasteiger partial charge in [-0.2, -0.15) is 4.98 Å². The number of benzene rings is 1. The number of carboxylic acid groups (broad SMARTS) is 1. The van der Waals surface area contributed by atoms with Crippen LogP contribution in [0.25, 0.3) is 0 Å². The minimum absolute atomic E-state index is 0.0912. The summed E-state index contributed by atoms with van der Waals surface area (Å²) in [5, 5.41) is 19.8. The molecule has 1 aliphatic carbocycles. The first-order valence-corrected chi connectivity index (χ1v) is 11.7. The summed E-state index contributed by atoms with van der Waals surface area (Å²) in [6.45, 7) is 7.77. The van der Waals surface area contributed by atoms with Gasteiger partial charge >= 0.3 is 5.97 Å². The van der Waals surface area contributed by atoms with Gasteiger partial charge in [-0.3, -0.25) is 9.89 Å². The van der Waals surface area contributed by atoms with Crippen molar-refractivity contribution in [3.63, 3.8) is 0 Å². The number of ether oxygens (including phenoxy) is 1. The van der Waals surface area contributed by atoms with Gasteiger partial charge in [-0.25, -0.2) is 0 Å². The molecule has 176 valence electrons. The highest BCUT2D eigenvalue weighted by molar-refractivity contribution is 5.75. The Kier molecular flexibility index (Phi) is 8.50. The van der Waals surface area contributed by atoms with Gasteiger partial charge in [0.2, 0.25) is 5.95 Å². The molecular formula is C24H37N5O3. The van der Waals surface area contributed by atoms with E-state index in [0.29, 0.717) is 30.3 Å². The van der Waals surface area contributed by atoms with Crippen LogP contribution in [0, 0.1) is 5.92 Å². The Morgan fingerprint density at radius 3 is 2.69 bits per heavy atom. The maximum Gasteiger partial charge on any atom is 0.303 e. The summed E-state index contributed by atoms with van der Waals surface area (Å²) in [6, 6.07) is 6.77. The van der Waals surface area contributed by atoms with E-state index in [-0.39, 0.29) is 12.3 Å². The van der Waals surface area contributed by atoms with Crippen molar-refractivity contribution in [2.24, 2.45) is 5.92 Å². The topological polar surface area (TPSA) is 103 Å². The van der Waals surface area contributed by atoms with Crippen LogP contribution < -0.4 is 10.2 Å². The first-order chi connectivity index (χ1) is 15.4. The molecule has 1 aliphatic rings. The number of hydrogen-bond acceptors (Lipinski definition) is 6. The number of rotatable bonds is 11. The third kappa shape index (κ3) is 6.45. The van der Waals surface area contributed by atoms with Crippen molar-refractivity contribution < 1.29 is 14.6 Å². The molecule has 8 nitrogen and oxygen atoms in total. The Bertz CT molecular complexity index is 876. The van der Waals surface area contributed by atoms with E-state index in [1.165, 1.54) is 32.1 Å². The van der Waals surface area contributed by atoms with Crippen LogP contribution in [0.2, 0.25) is 0 Å². The Morgan fingerprint density at radius 1 is 1.28 bits per heavy atom. The second-order valence-corrected chi connectivity index (χ2v) is 9.28. The van der Waals surface area contributed by atoms with Gasteiger partial charge in [-0.15, -0.1) is 5.10 Å². The van der Waals surface area contributed by atoms with Crippen molar-refractivity contribution >= 4 is 23.3 Å². The molecule has 0 amide bonds. The third-order valence-corrected chi connectivity index (χ3v) is 6.02. The highest BCUT2D eigenvalue weighted by Crippen LogP contribution is 2.36. The summed E-state index contributed by atoms with van der Waals surface area (Å²) in [4.78, 5) is 18.3. The molecule has 1 fully saturated rings. The number of aromatic amines is 1. The van der Waals surface area contributed by atoms with Crippen LogP contribution in [-0.2, 0) is 16.1 Å². The molecule has 1 atom stereocenters. The number of nitrogens with one attached hydrogen (secondary N) is 2. The zero-order valence-electron chi connectivity index (χ0n) is 19.7. The first-order valence-electron chi connectivity index (χ1n) is 11.7. The van der Waals surface area contributed by atoms with Gasteiger partial charge in [-0.05, 0) is 42.4 Å². The lowest BCUT2D eigenvalue weighted by Gasteiger charge is -2.38. The third-order valence-electron chi connectivity index (χ3n) is 6.02. The molecule has 0 spiro atoms. The first kappa shape index (κ1) is 24.0. The number of nitrogens with zero attached hydrogens (tertiary/aromatic N) is 3. The number of carboxylic acids is 1. The lowest BCUT2D eigenvalue weighted by molar-refractivity contribution is -0.137. The predicted octanol–water partition coefficient (Wildman–Crippen LogP) is 5.07. The van der Waals surface area contributed by atoms with Crippen LogP contribution in [-0.4, -0.2) is 46.0 Å². The Hall–Kier alpha value is -2.61. The summed E-state index contributed by atoms with van der Waals surface area (Å²) < 4.78 is 5.14. The fourth-order valence-electron chi connectivity index (χ4n) is 4.49. The maximum absolute atomic E-state index is 11.3. The molecule has 3 N–H and O–H groups in total. The van der Waals surface area contributed by atoms with E-state index in [0.717, 1.165) is 23.5 Å². The number of hydrogen-bond donors (Lipinski definition) is 3. The average Bonchev–Trinajstić information content (AvgIpc) is 3.19. The van der Waals surface area contributed by atoms with Gasteiger partial charge in [-0.1, -0.05) is 46.1 Å². The number of methoxy groups -OCH3 is 1. The molecule has 8 heteroatoms. The molecule has 1 aromatic heterocycles. The van der Waals surface area contributed by atoms with Gasteiger partial charge in [0.1, 0.15) is 6.61 Å². The van der Waals surface area contributed by atoms with Crippen LogP contribution in [0.1, 0.15) is 76.6 Å². The smallest absolute Gasteiger partial charge is 0.303 e. The molecule has 0 unspecified atom stereocenters. The number of carbonyl (C=O) groups is 1. The van der Waals surface area contributed by atoms with Crippen LogP contribution in [0.5, 0.6) is 0 Å². The van der Waals surface area contributed by atoms with Gasteiger partial charge in [0.15, 0.2) is 5.82 Å². The molecule has 1 heterocycles. The quantitative estimate of drug-likeness (QED) is 0.445. The zero-order valence-corrected chi connectivity index (χ0v) is 19.7.